The minimum atomic E-state index is 0.189. The fraction of sp³-hybridized carbons (Fsp3) is 0.944. The molecule has 0 aromatic carbocycles. The third-order valence-corrected chi connectivity index (χ3v) is 6.60. The lowest BCUT2D eigenvalue weighted by atomic mass is 9.68. The lowest BCUT2D eigenvalue weighted by molar-refractivity contribution is -0.141. The van der Waals surface area contributed by atoms with Crippen LogP contribution in [0, 0.1) is 17.3 Å². The van der Waals surface area contributed by atoms with E-state index in [0.29, 0.717) is 17.2 Å². The standard InChI is InChI=1S/C18H32N2O/c1-14-5-6-15(19)13-16(14)17(21)20-11-9-18(10-12-20)7-3-2-4-8-18/h14-16H,2-13,19H2,1H3. The van der Waals surface area contributed by atoms with Crippen LogP contribution in [0.5, 0.6) is 0 Å². The van der Waals surface area contributed by atoms with E-state index < -0.39 is 0 Å². The quantitative estimate of drug-likeness (QED) is 0.806. The summed E-state index contributed by atoms with van der Waals surface area (Å²) < 4.78 is 0. The van der Waals surface area contributed by atoms with E-state index in [1.54, 1.807) is 0 Å². The van der Waals surface area contributed by atoms with Gasteiger partial charge >= 0.3 is 0 Å². The molecule has 2 aliphatic carbocycles. The van der Waals surface area contributed by atoms with Crippen molar-refractivity contribution in [3.05, 3.63) is 0 Å². The van der Waals surface area contributed by atoms with Crippen LogP contribution in [0.4, 0.5) is 0 Å². The number of hydrogen-bond acceptors (Lipinski definition) is 2. The van der Waals surface area contributed by atoms with Gasteiger partial charge in [0.2, 0.25) is 5.91 Å². The average molecular weight is 292 g/mol. The van der Waals surface area contributed by atoms with E-state index in [-0.39, 0.29) is 12.0 Å². The number of carbonyl (C=O) groups excluding carboxylic acids is 1. The van der Waals surface area contributed by atoms with Crippen LogP contribution >= 0.6 is 0 Å². The first-order chi connectivity index (χ1) is 10.1. The number of nitrogens with two attached hydrogens (primary N) is 1. The van der Waals surface area contributed by atoms with Crippen molar-refractivity contribution in [2.75, 3.05) is 13.1 Å². The zero-order valence-electron chi connectivity index (χ0n) is 13.7. The normalized spacial score (nSPS) is 36.7. The van der Waals surface area contributed by atoms with E-state index in [0.717, 1.165) is 32.4 Å². The van der Waals surface area contributed by atoms with E-state index in [9.17, 15) is 4.79 Å². The molecule has 21 heavy (non-hydrogen) atoms. The number of likely N-dealkylation sites (tertiary alicyclic amines) is 1. The molecule has 0 aromatic rings. The zero-order valence-corrected chi connectivity index (χ0v) is 13.7. The summed E-state index contributed by atoms with van der Waals surface area (Å²) >= 11 is 0. The van der Waals surface area contributed by atoms with Crippen LogP contribution in [0.25, 0.3) is 0 Å². The molecule has 3 fully saturated rings. The molecule has 0 bridgehead atoms. The van der Waals surface area contributed by atoms with Crippen LogP contribution in [-0.4, -0.2) is 29.9 Å². The van der Waals surface area contributed by atoms with Gasteiger partial charge in [0, 0.05) is 25.0 Å². The number of carbonyl (C=O) groups is 1. The second-order valence-corrected chi connectivity index (χ2v) is 8.04. The minimum Gasteiger partial charge on any atom is -0.342 e. The van der Waals surface area contributed by atoms with Gasteiger partial charge in [-0.25, -0.2) is 0 Å². The molecule has 1 saturated heterocycles. The van der Waals surface area contributed by atoms with Gasteiger partial charge in [-0.2, -0.15) is 0 Å². The molecule has 120 valence electrons. The first kappa shape index (κ1) is 15.3. The smallest absolute Gasteiger partial charge is 0.226 e. The summed E-state index contributed by atoms with van der Waals surface area (Å²) in [5.74, 6) is 1.11. The molecule has 3 heteroatoms. The van der Waals surface area contributed by atoms with Crippen molar-refractivity contribution in [2.24, 2.45) is 23.0 Å². The lowest BCUT2D eigenvalue weighted by Crippen LogP contribution is -2.49. The summed E-state index contributed by atoms with van der Waals surface area (Å²) in [4.78, 5) is 15.0. The van der Waals surface area contributed by atoms with E-state index in [1.165, 1.54) is 44.9 Å². The van der Waals surface area contributed by atoms with Gasteiger partial charge in [0.1, 0.15) is 0 Å². The predicted molar refractivity (Wildman–Crippen MR) is 85.8 cm³/mol. The predicted octanol–water partition coefficient (Wildman–Crippen LogP) is 3.32. The summed E-state index contributed by atoms with van der Waals surface area (Å²) in [5.41, 5.74) is 6.68. The Morgan fingerprint density at radius 3 is 2.38 bits per heavy atom. The molecular formula is C18H32N2O. The maximum absolute atomic E-state index is 12.9. The van der Waals surface area contributed by atoms with E-state index in [2.05, 4.69) is 11.8 Å². The molecule has 0 radical (unpaired) electrons. The van der Waals surface area contributed by atoms with Gasteiger partial charge in [0.05, 0.1) is 0 Å². The Kier molecular flexibility index (Phi) is 4.58. The van der Waals surface area contributed by atoms with Gasteiger partial charge in [-0.1, -0.05) is 26.2 Å². The molecule has 1 spiro atoms. The second kappa shape index (κ2) is 6.28. The van der Waals surface area contributed by atoms with Gasteiger partial charge in [-0.15, -0.1) is 0 Å². The molecule has 3 unspecified atom stereocenters. The molecular weight excluding hydrogens is 260 g/mol. The number of nitrogens with zero attached hydrogens (tertiary/aromatic N) is 1. The van der Waals surface area contributed by atoms with Crippen LogP contribution in [0.1, 0.15) is 71.1 Å². The number of amides is 1. The van der Waals surface area contributed by atoms with E-state index in [1.807, 2.05) is 0 Å². The Balaban J connectivity index is 1.57. The van der Waals surface area contributed by atoms with E-state index in [4.69, 9.17) is 5.73 Å². The summed E-state index contributed by atoms with van der Waals surface area (Å²) in [7, 11) is 0. The first-order valence-corrected chi connectivity index (χ1v) is 9.14. The van der Waals surface area contributed by atoms with Crippen molar-refractivity contribution in [2.45, 2.75) is 77.2 Å². The Labute approximate surface area is 129 Å². The SMILES string of the molecule is CC1CCC(N)CC1C(=O)N1CCC2(CCCCC2)CC1. The summed E-state index contributed by atoms with van der Waals surface area (Å²) in [6.07, 6.45) is 12.6. The Hall–Kier alpha value is -0.570. The van der Waals surface area contributed by atoms with Crippen LogP contribution < -0.4 is 5.73 Å². The maximum atomic E-state index is 12.9. The van der Waals surface area contributed by atoms with E-state index >= 15 is 0 Å². The van der Waals surface area contributed by atoms with Gasteiger partial charge in [0.15, 0.2) is 0 Å². The van der Waals surface area contributed by atoms with Gasteiger partial charge in [-0.05, 0) is 56.3 Å². The fourth-order valence-corrected chi connectivity index (χ4v) is 4.94. The van der Waals surface area contributed by atoms with Crippen molar-refractivity contribution in [1.29, 1.82) is 0 Å². The summed E-state index contributed by atoms with van der Waals surface area (Å²) in [6, 6.07) is 0.240. The van der Waals surface area contributed by atoms with Crippen molar-refractivity contribution in [3.8, 4) is 0 Å². The highest BCUT2D eigenvalue weighted by atomic mass is 16.2. The monoisotopic (exact) mass is 292 g/mol. The molecule has 3 nitrogen and oxygen atoms in total. The number of hydrogen-bond donors (Lipinski definition) is 1. The molecule has 0 aromatic heterocycles. The van der Waals surface area contributed by atoms with Crippen molar-refractivity contribution >= 4 is 5.91 Å². The van der Waals surface area contributed by atoms with Crippen LogP contribution in [0.15, 0.2) is 0 Å². The van der Waals surface area contributed by atoms with Crippen molar-refractivity contribution in [1.82, 2.24) is 4.90 Å². The molecule has 1 heterocycles. The highest BCUT2D eigenvalue weighted by Gasteiger charge is 2.39. The molecule has 1 amide bonds. The van der Waals surface area contributed by atoms with Crippen LogP contribution in [0.3, 0.4) is 0 Å². The average Bonchev–Trinajstić information content (AvgIpc) is 2.51. The topological polar surface area (TPSA) is 46.3 Å². The van der Waals surface area contributed by atoms with Crippen LogP contribution in [-0.2, 0) is 4.79 Å². The molecule has 2 N–H and O–H groups in total. The van der Waals surface area contributed by atoms with Crippen molar-refractivity contribution < 1.29 is 4.79 Å². The molecule has 3 atom stereocenters. The summed E-state index contributed by atoms with van der Waals surface area (Å²) in [6.45, 7) is 4.23. The van der Waals surface area contributed by atoms with Gasteiger partial charge in [-0.3, -0.25) is 4.79 Å². The number of piperidine rings is 1. The highest BCUT2D eigenvalue weighted by molar-refractivity contribution is 5.79. The third-order valence-electron chi connectivity index (χ3n) is 6.60. The maximum Gasteiger partial charge on any atom is 0.226 e. The third kappa shape index (κ3) is 3.28. The summed E-state index contributed by atoms with van der Waals surface area (Å²) in [5, 5.41) is 0. The molecule has 1 aliphatic heterocycles. The highest BCUT2D eigenvalue weighted by Crippen LogP contribution is 2.45. The molecule has 3 aliphatic rings. The van der Waals surface area contributed by atoms with Gasteiger partial charge in [0.25, 0.3) is 0 Å². The zero-order chi connectivity index (χ0) is 14.9. The minimum absolute atomic E-state index is 0.189. The van der Waals surface area contributed by atoms with Crippen molar-refractivity contribution in [3.63, 3.8) is 0 Å². The van der Waals surface area contributed by atoms with Gasteiger partial charge < -0.3 is 10.6 Å². The molecule has 2 saturated carbocycles. The second-order valence-electron chi connectivity index (χ2n) is 8.04. The van der Waals surface area contributed by atoms with Crippen LogP contribution in [0.2, 0.25) is 0 Å². The Morgan fingerprint density at radius 1 is 1.05 bits per heavy atom. The fourth-order valence-electron chi connectivity index (χ4n) is 4.94. The first-order valence-electron chi connectivity index (χ1n) is 9.14. The largest absolute Gasteiger partial charge is 0.342 e. The number of rotatable bonds is 1. The lowest BCUT2D eigenvalue weighted by Gasteiger charge is -2.45. The Bertz CT molecular complexity index is 365. The molecule has 3 rings (SSSR count). The Morgan fingerprint density at radius 2 is 1.71 bits per heavy atom.